The summed E-state index contributed by atoms with van der Waals surface area (Å²) >= 11 is 7.86. The van der Waals surface area contributed by atoms with Crippen molar-refractivity contribution in [3.8, 4) is 0 Å². The van der Waals surface area contributed by atoms with E-state index in [1.165, 1.54) is 25.3 Å². The van der Waals surface area contributed by atoms with Gasteiger partial charge in [-0.2, -0.15) is 11.8 Å². The van der Waals surface area contributed by atoms with Crippen molar-refractivity contribution < 1.29 is 0 Å². The van der Waals surface area contributed by atoms with Crippen molar-refractivity contribution in [2.24, 2.45) is 5.92 Å². The topological polar surface area (TPSA) is 3.24 Å². The van der Waals surface area contributed by atoms with Gasteiger partial charge in [-0.1, -0.05) is 13.8 Å². The van der Waals surface area contributed by atoms with E-state index in [2.05, 4.69) is 37.4 Å². The molecule has 0 aromatic rings. The molecule has 1 fully saturated rings. The van der Waals surface area contributed by atoms with Crippen LogP contribution in [0.5, 0.6) is 0 Å². The van der Waals surface area contributed by atoms with Gasteiger partial charge in [-0.05, 0) is 32.2 Å². The fourth-order valence-corrected chi connectivity index (χ4v) is 3.56. The van der Waals surface area contributed by atoms with Gasteiger partial charge >= 0.3 is 0 Å². The van der Waals surface area contributed by atoms with E-state index in [1.807, 2.05) is 0 Å². The Labute approximate surface area is 104 Å². The summed E-state index contributed by atoms with van der Waals surface area (Å²) in [6.07, 6.45) is 2.46. The molecule has 1 nitrogen and oxygen atoms in total. The van der Waals surface area contributed by atoms with Gasteiger partial charge in [-0.25, -0.2) is 0 Å². The Balaban J connectivity index is 2.25. The maximum atomic E-state index is 5.75. The van der Waals surface area contributed by atoms with Gasteiger partial charge in [-0.15, -0.1) is 11.6 Å². The second-order valence-corrected chi connectivity index (χ2v) is 6.59. The van der Waals surface area contributed by atoms with E-state index in [9.17, 15) is 0 Å². The lowest BCUT2D eigenvalue weighted by Gasteiger charge is -2.38. The molecule has 0 aliphatic carbocycles. The van der Waals surface area contributed by atoms with E-state index in [-0.39, 0.29) is 0 Å². The molecule has 0 amide bonds. The highest BCUT2D eigenvalue weighted by Crippen LogP contribution is 2.24. The maximum absolute atomic E-state index is 5.75. The third-order valence-corrected chi connectivity index (χ3v) is 5.08. The molecule has 3 unspecified atom stereocenters. The number of hydrogen-bond donors (Lipinski definition) is 0. The van der Waals surface area contributed by atoms with Gasteiger partial charge in [0.2, 0.25) is 0 Å². The van der Waals surface area contributed by atoms with Gasteiger partial charge in [0, 0.05) is 29.5 Å². The summed E-state index contributed by atoms with van der Waals surface area (Å²) < 4.78 is 0. The first kappa shape index (κ1) is 13.7. The van der Waals surface area contributed by atoms with Crippen molar-refractivity contribution in [3.05, 3.63) is 0 Å². The molecule has 90 valence electrons. The molecule has 0 aromatic heterocycles. The Morgan fingerprint density at radius 2 is 2.13 bits per heavy atom. The second kappa shape index (κ2) is 7.03. The Hall–Kier alpha value is 0.600. The molecule has 1 saturated heterocycles. The summed E-state index contributed by atoms with van der Waals surface area (Å²) in [5.41, 5.74) is 0. The van der Waals surface area contributed by atoms with Crippen LogP contribution in [0.1, 0.15) is 33.6 Å². The van der Waals surface area contributed by atoms with Gasteiger partial charge in [0.05, 0.1) is 0 Å². The number of nitrogens with zero attached hydrogens (tertiary/aromatic N) is 1. The van der Waals surface area contributed by atoms with Crippen LogP contribution in [0, 0.1) is 5.92 Å². The fraction of sp³-hybridized carbons (Fsp3) is 1.00. The molecular weight excluding hydrogens is 226 g/mol. The smallest absolute Gasteiger partial charge is 0.0225 e. The predicted molar refractivity (Wildman–Crippen MR) is 72.1 cm³/mol. The highest BCUT2D eigenvalue weighted by Gasteiger charge is 2.24. The summed E-state index contributed by atoms with van der Waals surface area (Å²) in [4.78, 5) is 2.64. The average Bonchev–Trinajstić information content (AvgIpc) is 2.21. The molecule has 0 spiro atoms. The van der Waals surface area contributed by atoms with Crippen LogP contribution in [0.25, 0.3) is 0 Å². The lowest BCUT2D eigenvalue weighted by atomic mass is 10.0. The van der Waals surface area contributed by atoms with Crippen molar-refractivity contribution in [2.45, 2.75) is 44.9 Å². The molecule has 0 aromatic carbocycles. The molecule has 15 heavy (non-hydrogen) atoms. The summed E-state index contributed by atoms with van der Waals surface area (Å²) in [7, 11) is 0. The third kappa shape index (κ3) is 4.54. The van der Waals surface area contributed by atoms with Crippen molar-refractivity contribution >= 4 is 23.4 Å². The maximum Gasteiger partial charge on any atom is 0.0225 e. The van der Waals surface area contributed by atoms with Gasteiger partial charge in [0.25, 0.3) is 0 Å². The highest BCUT2D eigenvalue weighted by atomic mass is 35.5. The molecule has 1 aliphatic heterocycles. The molecule has 3 atom stereocenters. The number of hydrogen-bond acceptors (Lipinski definition) is 2. The Bertz CT molecular complexity index is 177. The van der Waals surface area contributed by atoms with Crippen molar-refractivity contribution in [1.82, 2.24) is 4.90 Å². The van der Waals surface area contributed by atoms with Gasteiger partial charge < -0.3 is 0 Å². The Morgan fingerprint density at radius 3 is 2.80 bits per heavy atom. The van der Waals surface area contributed by atoms with Gasteiger partial charge in [0.1, 0.15) is 0 Å². The summed E-state index contributed by atoms with van der Waals surface area (Å²) in [5, 5.41) is 0.794. The molecule has 0 bridgehead atoms. The molecule has 3 heteroatoms. The van der Waals surface area contributed by atoms with E-state index in [0.717, 1.165) is 29.5 Å². The SMILES string of the molecule is CC(CCCl)CCN1CCSC(C)C1C. The first-order chi connectivity index (χ1) is 7.15. The number of thioether (sulfide) groups is 1. The minimum atomic E-state index is 0.743. The van der Waals surface area contributed by atoms with Crippen LogP contribution in [-0.4, -0.2) is 40.9 Å². The molecule has 1 rings (SSSR count). The van der Waals surface area contributed by atoms with Crippen LogP contribution in [0.4, 0.5) is 0 Å². The summed E-state index contributed by atoms with van der Waals surface area (Å²) in [6, 6.07) is 0.743. The van der Waals surface area contributed by atoms with E-state index in [0.29, 0.717) is 0 Å². The second-order valence-electron chi connectivity index (χ2n) is 4.72. The van der Waals surface area contributed by atoms with E-state index >= 15 is 0 Å². The average molecular weight is 250 g/mol. The van der Waals surface area contributed by atoms with Crippen LogP contribution >= 0.6 is 23.4 Å². The molecule has 1 heterocycles. The van der Waals surface area contributed by atoms with Gasteiger partial charge in [-0.3, -0.25) is 4.90 Å². The lowest BCUT2D eigenvalue weighted by molar-refractivity contribution is 0.199. The van der Waals surface area contributed by atoms with E-state index in [4.69, 9.17) is 11.6 Å². The zero-order chi connectivity index (χ0) is 11.3. The highest BCUT2D eigenvalue weighted by molar-refractivity contribution is 8.00. The minimum absolute atomic E-state index is 0.743. The van der Waals surface area contributed by atoms with Crippen molar-refractivity contribution in [1.29, 1.82) is 0 Å². The zero-order valence-electron chi connectivity index (χ0n) is 10.2. The zero-order valence-corrected chi connectivity index (χ0v) is 11.8. The van der Waals surface area contributed by atoms with E-state index in [1.54, 1.807) is 0 Å². The minimum Gasteiger partial charge on any atom is -0.299 e. The predicted octanol–water partition coefficient (Wildman–Crippen LogP) is 3.47. The van der Waals surface area contributed by atoms with Crippen LogP contribution in [0.3, 0.4) is 0 Å². The fourth-order valence-electron chi connectivity index (χ4n) is 2.03. The lowest BCUT2D eigenvalue weighted by Crippen LogP contribution is -2.45. The van der Waals surface area contributed by atoms with Crippen LogP contribution in [0.15, 0.2) is 0 Å². The third-order valence-electron chi connectivity index (χ3n) is 3.53. The Morgan fingerprint density at radius 1 is 1.40 bits per heavy atom. The monoisotopic (exact) mass is 249 g/mol. The molecular formula is C12H24ClNS. The van der Waals surface area contributed by atoms with Crippen LogP contribution in [-0.2, 0) is 0 Å². The van der Waals surface area contributed by atoms with Crippen molar-refractivity contribution in [3.63, 3.8) is 0 Å². The van der Waals surface area contributed by atoms with E-state index < -0.39 is 0 Å². The number of alkyl halides is 1. The standard InChI is InChI=1S/C12H24ClNS/c1-10(4-6-13)5-7-14-8-9-15-12(3)11(14)2/h10-12H,4-9H2,1-3H3. The molecule has 0 radical (unpaired) electrons. The van der Waals surface area contributed by atoms with Crippen LogP contribution in [0.2, 0.25) is 0 Å². The summed E-state index contributed by atoms with van der Waals surface area (Å²) in [5.74, 6) is 2.89. The van der Waals surface area contributed by atoms with Gasteiger partial charge in [0.15, 0.2) is 0 Å². The van der Waals surface area contributed by atoms with Crippen molar-refractivity contribution in [2.75, 3.05) is 24.7 Å². The number of rotatable bonds is 5. The molecule has 0 saturated carbocycles. The quantitative estimate of drug-likeness (QED) is 0.687. The van der Waals surface area contributed by atoms with Crippen LogP contribution < -0.4 is 0 Å². The normalized spacial score (nSPS) is 30.4. The summed E-state index contributed by atoms with van der Waals surface area (Å²) in [6.45, 7) is 9.55. The molecule has 1 aliphatic rings. The largest absolute Gasteiger partial charge is 0.299 e. The Kier molecular flexibility index (Phi) is 6.40. The first-order valence-corrected chi connectivity index (χ1v) is 7.65. The first-order valence-electron chi connectivity index (χ1n) is 6.06. The molecule has 0 N–H and O–H groups in total. The number of halogens is 1.